The van der Waals surface area contributed by atoms with Gasteiger partial charge in [0.2, 0.25) is 0 Å². The molecule has 0 fully saturated rings. The molecule has 0 aromatic heterocycles. The van der Waals surface area contributed by atoms with E-state index in [4.69, 9.17) is 37.0 Å². The van der Waals surface area contributed by atoms with Crippen molar-refractivity contribution in [3.8, 4) is 0 Å². The molecule has 0 aliphatic rings. The van der Waals surface area contributed by atoms with Gasteiger partial charge in [-0.2, -0.15) is 0 Å². The average Bonchev–Trinajstić information content (AvgIpc) is 1.71. The van der Waals surface area contributed by atoms with E-state index >= 15 is 0 Å². The molecule has 5 atom stereocenters. The van der Waals surface area contributed by atoms with Crippen LogP contribution in [-0.2, 0) is 65.4 Å². The molecular weight excluding hydrogens is 1220 g/mol. The van der Waals surface area contributed by atoms with E-state index in [1.165, 1.54) is 167 Å². The lowest BCUT2D eigenvalue weighted by Crippen LogP contribution is -2.30. The molecule has 0 saturated heterocycles. The highest BCUT2D eigenvalue weighted by atomic mass is 31.2. The lowest BCUT2D eigenvalue weighted by molar-refractivity contribution is -0.161. The second-order valence-corrected chi connectivity index (χ2v) is 28.9. The number of phosphoric ester groups is 2. The van der Waals surface area contributed by atoms with Crippen LogP contribution in [0.3, 0.4) is 0 Å². The van der Waals surface area contributed by atoms with Crippen LogP contribution >= 0.6 is 15.6 Å². The summed E-state index contributed by atoms with van der Waals surface area (Å²) in [6.45, 7) is 4.84. The summed E-state index contributed by atoms with van der Waals surface area (Å²) in [5.74, 6) is -2.15. The number of carbonyl (C=O) groups is 4. The molecule has 0 bridgehead atoms. The van der Waals surface area contributed by atoms with E-state index in [1.807, 2.05) is 0 Å². The number of aliphatic hydroxyl groups excluding tert-OH is 1. The Balaban J connectivity index is 5.16. The van der Waals surface area contributed by atoms with Gasteiger partial charge in [0.25, 0.3) is 0 Å². The van der Waals surface area contributed by atoms with Crippen molar-refractivity contribution in [3.05, 3.63) is 24.3 Å². The van der Waals surface area contributed by atoms with Crippen LogP contribution in [0.1, 0.15) is 368 Å². The lowest BCUT2D eigenvalue weighted by Gasteiger charge is -2.21. The molecule has 548 valence electrons. The first-order valence-electron chi connectivity index (χ1n) is 38.1. The molecule has 0 amide bonds. The van der Waals surface area contributed by atoms with E-state index in [0.717, 1.165) is 122 Å². The maximum absolute atomic E-state index is 13.1. The first-order chi connectivity index (χ1) is 45.2. The normalized spacial score (nSPS) is 14.1. The number of esters is 4. The third-order valence-corrected chi connectivity index (χ3v) is 18.6. The number of carbonyl (C=O) groups excluding carboxylic acids is 4. The van der Waals surface area contributed by atoms with Crippen molar-refractivity contribution in [1.82, 2.24) is 0 Å². The number of phosphoric acid groups is 2. The largest absolute Gasteiger partial charge is 0.472 e. The Morgan fingerprint density at radius 1 is 0.301 bits per heavy atom. The first-order valence-corrected chi connectivity index (χ1v) is 41.1. The van der Waals surface area contributed by atoms with Crippen LogP contribution < -0.4 is 0 Å². The summed E-state index contributed by atoms with van der Waals surface area (Å²) >= 11 is 0. The van der Waals surface area contributed by atoms with Crippen LogP contribution in [0, 0.1) is 0 Å². The van der Waals surface area contributed by atoms with Gasteiger partial charge in [0, 0.05) is 25.7 Å². The minimum absolute atomic E-state index is 0.102. The quantitative estimate of drug-likeness (QED) is 0.0169. The molecule has 0 aliphatic heterocycles. The number of rotatable bonds is 73. The summed E-state index contributed by atoms with van der Waals surface area (Å²) in [5, 5.41) is 10.6. The summed E-state index contributed by atoms with van der Waals surface area (Å²) in [7, 11) is -9.91. The Hall–Kier alpha value is -2.46. The number of hydrogen-bond donors (Lipinski definition) is 3. The van der Waals surface area contributed by atoms with Gasteiger partial charge in [-0.05, 0) is 51.4 Å². The third kappa shape index (κ3) is 67.9. The fourth-order valence-electron chi connectivity index (χ4n) is 10.9. The zero-order valence-corrected chi connectivity index (χ0v) is 61.5. The molecule has 0 aliphatic carbocycles. The second-order valence-electron chi connectivity index (χ2n) is 26.0. The number of allylic oxidation sites excluding steroid dienone is 4. The van der Waals surface area contributed by atoms with E-state index in [2.05, 4.69) is 52.0 Å². The maximum atomic E-state index is 13.1. The Labute approximate surface area is 567 Å². The fraction of sp³-hybridized carbons (Fsp3) is 0.892. The Kier molecular flexibility index (Phi) is 66.3. The molecule has 0 aromatic rings. The molecule has 2 unspecified atom stereocenters. The van der Waals surface area contributed by atoms with Gasteiger partial charge in [0.15, 0.2) is 12.2 Å². The highest BCUT2D eigenvalue weighted by Gasteiger charge is 2.30. The number of hydrogen-bond acceptors (Lipinski definition) is 15. The van der Waals surface area contributed by atoms with Crippen molar-refractivity contribution < 1.29 is 80.2 Å². The van der Waals surface area contributed by atoms with E-state index in [1.54, 1.807) is 0 Å². The second kappa shape index (κ2) is 68.1. The number of ether oxygens (including phenoxy) is 4. The standard InChI is InChI=1S/C74H140O17P2/c1-5-9-13-17-21-24-26-28-30-31-32-33-34-35-36-38-40-42-45-49-53-57-61-74(79)91-70(65-85-72(77)59-55-51-47-44-41-39-37-29-27-25-22-18-14-10-6-2)67-89-93(82,83)87-63-68(75)62-86-92(80,81)88-66-69(64-84-71(76)58-54-50-46-20-16-12-8-4)90-73(78)60-56-52-48-43-23-19-15-11-7-3/h25,27,29,37,68-70,75H,5-24,26,28,30-36,38-67H2,1-4H3,(H,80,81)(H,82,83)/b27-25-,37-29-/t68-,69+,70+/m0/s1. The lowest BCUT2D eigenvalue weighted by atomic mass is 10.0. The predicted molar refractivity (Wildman–Crippen MR) is 377 cm³/mol. The van der Waals surface area contributed by atoms with Crippen molar-refractivity contribution in [2.24, 2.45) is 0 Å². The minimum Gasteiger partial charge on any atom is -0.462 e. The average molecular weight is 1360 g/mol. The Bertz CT molecular complexity index is 1870. The van der Waals surface area contributed by atoms with Crippen LogP contribution in [0.4, 0.5) is 0 Å². The monoisotopic (exact) mass is 1360 g/mol. The molecule has 0 heterocycles. The van der Waals surface area contributed by atoms with Crippen LogP contribution in [0.5, 0.6) is 0 Å². The van der Waals surface area contributed by atoms with Crippen LogP contribution in [-0.4, -0.2) is 96.7 Å². The van der Waals surface area contributed by atoms with Crippen molar-refractivity contribution >= 4 is 39.5 Å². The highest BCUT2D eigenvalue weighted by Crippen LogP contribution is 2.45. The summed E-state index contributed by atoms with van der Waals surface area (Å²) in [4.78, 5) is 72.4. The highest BCUT2D eigenvalue weighted by molar-refractivity contribution is 7.47. The molecular formula is C74H140O17P2. The van der Waals surface area contributed by atoms with Crippen LogP contribution in [0.25, 0.3) is 0 Å². The van der Waals surface area contributed by atoms with E-state index in [9.17, 15) is 43.2 Å². The first kappa shape index (κ1) is 90.5. The predicted octanol–water partition coefficient (Wildman–Crippen LogP) is 21.4. The molecule has 0 saturated carbocycles. The van der Waals surface area contributed by atoms with Gasteiger partial charge in [0.05, 0.1) is 26.4 Å². The summed E-state index contributed by atoms with van der Waals surface area (Å²) in [6, 6.07) is 0. The smallest absolute Gasteiger partial charge is 0.462 e. The van der Waals surface area contributed by atoms with Crippen LogP contribution in [0.2, 0.25) is 0 Å². The van der Waals surface area contributed by atoms with E-state index in [-0.39, 0.29) is 25.7 Å². The van der Waals surface area contributed by atoms with Crippen molar-refractivity contribution in [2.45, 2.75) is 386 Å². The third-order valence-electron chi connectivity index (χ3n) is 16.7. The van der Waals surface area contributed by atoms with Gasteiger partial charge >= 0.3 is 39.5 Å². The summed E-state index contributed by atoms with van der Waals surface area (Å²) < 4.78 is 68.2. The molecule has 0 radical (unpaired) electrons. The zero-order valence-electron chi connectivity index (χ0n) is 59.7. The SMILES string of the molecule is CCCCCC/C=C\C=C/CCCCCCCC(=O)OC[C@H](COP(=O)(O)OC[C@@H](O)COP(=O)(O)OC[C@@H](COC(=O)CCCCCCCCC)OC(=O)CCCCCCCCCCC)OC(=O)CCCCCCCCCCCCCCCCCCCCCCCC. The van der Waals surface area contributed by atoms with E-state index in [0.29, 0.717) is 25.7 Å². The van der Waals surface area contributed by atoms with E-state index < -0.39 is 97.5 Å². The number of aliphatic hydroxyl groups is 1. The Morgan fingerprint density at radius 2 is 0.516 bits per heavy atom. The maximum Gasteiger partial charge on any atom is 0.472 e. The van der Waals surface area contributed by atoms with Gasteiger partial charge in [-0.1, -0.05) is 315 Å². The van der Waals surface area contributed by atoms with Gasteiger partial charge in [0.1, 0.15) is 19.3 Å². The topological polar surface area (TPSA) is 237 Å². The molecule has 3 N–H and O–H groups in total. The number of unbranched alkanes of at least 4 members (excludes halogenated alkanes) is 44. The van der Waals surface area contributed by atoms with Gasteiger partial charge in [-0.3, -0.25) is 37.3 Å². The van der Waals surface area contributed by atoms with Crippen molar-refractivity contribution in [3.63, 3.8) is 0 Å². The molecule has 0 aromatic carbocycles. The summed E-state index contributed by atoms with van der Waals surface area (Å²) in [5.41, 5.74) is 0. The Morgan fingerprint density at radius 3 is 0.785 bits per heavy atom. The fourth-order valence-corrected chi connectivity index (χ4v) is 12.4. The molecule has 19 heteroatoms. The minimum atomic E-state index is -4.96. The van der Waals surface area contributed by atoms with Gasteiger partial charge in [-0.15, -0.1) is 0 Å². The zero-order chi connectivity index (χ0) is 68.2. The summed E-state index contributed by atoms with van der Waals surface area (Å²) in [6.07, 6.45) is 60.8. The van der Waals surface area contributed by atoms with Crippen molar-refractivity contribution in [2.75, 3.05) is 39.6 Å². The van der Waals surface area contributed by atoms with Crippen molar-refractivity contribution in [1.29, 1.82) is 0 Å². The van der Waals surface area contributed by atoms with Gasteiger partial charge in [-0.25, -0.2) is 9.13 Å². The van der Waals surface area contributed by atoms with Gasteiger partial charge < -0.3 is 33.8 Å². The molecule has 0 rings (SSSR count). The molecule has 0 spiro atoms. The van der Waals surface area contributed by atoms with Crippen LogP contribution in [0.15, 0.2) is 24.3 Å². The molecule has 17 nitrogen and oxygen atoms in total. The molecule has 93 heavy (non-hydrogen) atoms.